The maximum Gasteiger partial charge on any atom is 0.309 e. The molecule has 1 aromatic carbocycles. The van der Waals surface area contributed by atoms with E-state index in [1.54, 1.807) is 6.07 Å². The molecule has 0 radical (unpaired) electrons. The lowest BCUT2D eigenvalue weighted by atomic mass is 10.1. The van der Waals surface area contributed by atoms with Gasteiger partial charge in [-0.1, -0.05) is 23.2 Å². The van der Waals surface area contributed by atoms with Gasteiger partial charge < -0.3 is 5.11 Å². The Labute approximate surface area is 97.7 Å². The molecular formula is C12H10ClNO2. The molecule has 1 N–H and O–H groups in total. The summed E-state index contributed by atoms with van der Waals surface area (Å²) in [4.78, 5) is 14.8. The number of aliphatic carboxylic acids is 1. The summed E-state index contributed by atoms with van der Waals surface area (Å²) >= 11 is 6.08. The standard InChI is InChI=1S/C12H10ClNO2/c1-7-2-3-11-9(4-7)10(13)5-8(14-11)6-12(15)16/h2-5H,6H2,1H3,(H,15,16). The van der Waals surface area contributed by atoms with E-state index >= 15 is 0 Å². The van der Waals surface area contributed by atoms with Gasteiger partial charge >= 0.3 is 5.97 Å². The summed E-state index contributed by atoms with van der Waals surface area (Å²) in [5.74, 6) is -0.907. The van der Waals surface area contributed by atoms with Crippen LogP contribution in [0.5, 0.6) is 0 Å². The van der Waals surface area contributed by atoms with Crippen LogP contribution in [-0.2, 0) is 11.2 Å². The van der Waals surface area contributed by atoms with E-state index in [0.717, 1.165) is 16.5 Å². The average molecular weight is 236 g/mol. The lowest BCUT2D eigenvalue weighted by molar-refractivity contribution is -0.136. The van der Waals surface area contributed by atoms with Crippen LogP contribution in [0.3, 0.4) is 0 Å². The highest BCUT2D eigenvalue weighted by Gasteiger charge is 2.07. The first-order chi connectivity index (χ1) is 7.56. The molecule has 82 valence electrons. The van der Waals surface area contributed by atoms with Crippen molar-refractivity contribution in [3.63, 3.8) is 0 Å². The molecule has 0 fully saturated rings. The third-order valence-corrected chi connectivity index (χ3v) is 2.61. The molecule has 0 atom stereocenters. The Kier molecular flexibility index (Phi) is 2.79. The predicted octanol–water partition coefficient (Wildman–Crippen LogP) is 2.82. The second-order valence-electron chi connectivity index (χ2n) is 3.69. The van der Waals surface area contributed by atoms with Crippen molar-refractivity contribution < 1.29 is 9.90 Å². The number of fused-ring (bicyclic) bond motifs is 1. The molecule has 0 unspecified atom stereocenters. The zero-order valence-corrected chi connectivity index (χ0v) is 9.45. The van der Waals surface area contributed by atoms with Crippen LogP contribution in [0.2, 0.25) is 5.02 Å². The van der Waals surface area contributed by atoms with Gasteiger partial charge in [-0.05, 0) is 25.1 Å². The molecule has 0 saturated heterocycles. The molecule has 0 aliphatic heterocycles. The number of rotatable bonds is 2. The van der Waals surface area contributed by atoms with Crippen molar-refractivity contribution in [3.8, 4) is 0 Å². The summed E-state index contributed by atoms with van der Waals surface area (Å²) < 4.78 is 0. The molecule has 3 nitrogen and oxygen atoms in total. The van der Waals surface area contributed by atoms with Gasteiger partial charge in [-0.2, -0.15) is 0 Å². The van der Waals surface area contributed by atoms with Gasteiger partial charge in [0.2, 0.25) is 0 Å². The Hall–Kier alpha value is -1.61. The van der Waals surface area contributed by atoms with E-state index in [0.29, 0.717) is 10.7 Å². The Morgan fingerprint density at radius 1 is 1.44 bits per heavy atom. The zero-order valence-electron chi connectivity index (χ0n) is 8.70. The van der Waals surface area contributed by atoms with Crippen LogP contribution in [0.15, 0.2) is 24.3 Å². The third-order valence-electron chi connectivity index (χ3n) is 2.30. The van der Waals surface area contributed by atoms with Gasteiger partial charge in [-0.25, -0.2) is 0 Å². The number of nitrogens with zero attached hydrogens (tertiary/aromatic N) is 1. The van der Waals surface area contributed by atoms with Crippen LogP contribution < -0.4 is 0 Å². The maximum atomic E-state index is 10.6. The molecule has 4 heteroatoms. The van der Waals surface area contributed by atoms with Crippen LogP contribution in [0, 0.1) is 6.92 Å². The van der Waals surface area contributed by atoms with E-state index in [1.165, 1.54) is 0 Å². The fraction of sp³-hybridized carbons (Fsp3) is 0.167. The van der Waals surface area contributed by atoms with Gasteiger partial charge in [0.15, 0.2) is 0 Å². The molecule has 0 amide bonds. The number of hydrogen-bond donors (Lipinski definition) is 1. The molecule has 2 rings (SSSR count). The number of pyridine rings is 1. The van der Waals surface area contributed by atoms with Gasteiger partial charge in [0, 0.05) is 5.39 Å². The number of aryl methyl sites for hydroxylation is 1. The van der Waals surface area contributed by atoms with Crippen molar-refractivity contribution in [2.45, 2.75) is 13.3 Å². The molecule has 0 bridgehead atoms. The summed E-state index contributed by atoms with van der Waals surface area (Å²) in [5.41, 5.74) is 2.31. The van der Waals surface area contributed by atoms with Crippen molar-refractivity contribution in [1.82, 2.24) is 4.98 Å². The van der Waals surface area contributed by atoms with Crippen molar-refractivity contribution >= 4 is 28.5 Å². The number of hydrogen-bond acceptors (Lipinski definition) is 2. The summed E-state index contributed by atoms with van der Waals surface area (Å²) in [6, 6.07) is 7.32. The molecule has 1 heterocycles. The lowest BCUT2D eigenvalue weighted by Gasteiger charge is -2.04. The summed E-state index contributed by atoms with van der Waals surface area (Å²) in [5, 5.41) is 10.1. The Morgan fingerprint density at radius 2 is 2.19 bits per heavy atom. The highest BCUT2D eigenvalue weighted by atomic mass is 35.5. The molecule has 0 aliphatic rings. The number of aromatic nitrogens is 1. The number of carboxylic acids is 1. The number of halogens is 1. The van der Waals surface area contributed by atoms with Gasteiger partial charge in [0.1, 0.15) is 0 Å². The Morgan fingerprint density at radius 3 is 2.88 bits per heavy atom. The molecule has 0 saturated carbocycles. The largest absolute Gasteiger partial charge is 0.481 e. The van der Waals surface area contributed by atoms with Crippen molar-refractivity contribution in [1.29, 1.82) is 0 Å². The quantitative estimate of drug-likeness (QED) is 0.871. The van der Waals surface area contributed by atoms with Crippen LogP contribution in [0.4, 0.5) is 0 Å². The van der Waals surface area contributed by atoms with Crippen LogP contribution in [0.1, 0.15) is 11.3 Å². The molecular weight excluding hydrogens is 226 g/mol. The van der Waals surface area contributed by atoms with Gasteiger partial charge in [0.25, 0.3) is 0 Å². The Balaban J connectivity index is 2.59. The number of carbonyl (C=O) groups is 1. The molecule has 0 aliphatic carbocycles. The lowest BCUT2D eigenvalue weighted by Crippen LogP contribution is -2.02. The fourth-order valence-electron chi connectivity index (χ4n) is 1.60. The average Bonchev–Trinajstić information content (AvgIpc) is 2.18. The van der Waals surface area contributed by atoms with Gasteiger partial charge in [-0.15, -0.1) is 0 Å². The van der Waals surface area contributed by atoms with Crippen molar-refractivity contribution in [2.75, 3.05) is 0 Å². The Bertz CT molecular complexity index is 566. The first-order valence-corrected chi connectivity index (χ1v) is 5.21. The topological polar surface area (TPSA) is 50.2 Å². The van der Waals surface area contributed by atoms with E-state index in [1.807, 2.05) is 25.1 Å². The SMILES string of the molecule is Cc1ccc2nc(CC(=O)O)cc(Cl)c2c1. The number of benzene rings is 1. The van der Waals surface area contributed by atoms with Crippen LogP contribution >= 0.6 is 11.6 Å². The van der Waals surface area contributed by atoms with Crippen LogP contribution in [0.25, 0.3) is 10.9 Å². The maximum absolute atomic E-state index is 10.6. The van der Waals surface area contributed by atoms with E-state index < -0.39 is 5.97 Å². The second kappa shape index (κ2) is 4.10. The summed E-state index contributed by atoms with van der Waals surface area (Å²) in [6.07, 6.45) is -0.108. The minimum Gasteiger partial charge on any atom is -0.481 e. The normalized spacial score (nSPS) is 10.6. The molecule has 16 heavy (non-hydrogen) atoms. The summed E-state index contributed by atoms with van der Waals surface area (Å²) in [7, 11) is 0. The highest BCUT2D eigenvalue weighted by molar-refractivity contribution is 6.35. The molecule has 1 aromatic heterocycles. The number of carboxylic acid groups (broad SMARTS) is 1. The zero-order chi connectivity index (χ0) is 11.7. The second-order valence-corrected chi connectivity index (χ2v) is 4.09. The monoisotopic (exact) mass is 235 g/mol. The van der Waals surface area contributed by atoms with E-state index in [4.69, 9.17) is 16.7 Å². The van der Waals surface area contributed by atoms with Crippen LogP contribution in [-0.4, -0.2) is 16.1 Å². The van der Waals surface area contributed by atoms with E-state index in [2.05, 4.69) is 4.98 Å². The fourth-order valence-corrected chi connectivity index (χ4v) is 1.87. The first-order valence-electron chi connectivity index (χ1n) is 4.84. The highest BCUT2D eigenvalue weighted by Crippen LogP contribution is 2.24. The van der Waals surface area contributed by atoms with E-state index in [-0.39, 0.29) is 6.42 Å². The van der Waals surface area contributed by atoms with Gasteiger partial charge in [0.05, 0.1) is 22.7 Å². The first kappa shape index (κ1) is 10.9. The third kappa shape index (κ3) is 2.14. The summed E-state index contributed by atoms with van der Waals surface area (Å²) in [6.45, 7) is 1.97. The van der Waals surface area contributed by atoms with Gasteiger partial charge in [-0.3, -0.25) is 9.78 Å². The molecule has 2 aromatic rings. The minimum atomic E-state index is -0.907. The molecule has 0 spiro atoms. The van der Waals surface area contributed by atoms with Crippen molar-refractivity contribution in [2.24, 2.45) is 0 Å². The smallest absolute Gasteiger partial charge is 0.309 e. The predicted molar refractivity (Wildman–Crippen MR) is 62.8 cm³/mol. The van der Waals surface area contributed by atoms with E-state index in [9.17, 15) is 4.79 Å². The van der Waals surface area contributed by atoms with Crippen molar-refractivity contribution in [3.05, 3.63) is 40.5 Å². The minimum absolute atomic E-state index is 0.108.